The minimum atomic E-state index is -0.129. The summed E-state index contributed by atoms with van der Waals surface area (Å²) in [6.45, 7) is 4.70. The molecule has 0 unspecified atom stereocenters. The first-order chi connectivity index (χ1) is 28.0. The van der Waals surface area contributed by atoms with Gasteiger partial charge in [-0.25, -0.2) is 0 Å². The standard InChI is InChI=1S/C55H39NO/c1-55(2)49-19-9-6-15-44(49)45-32-31-43(35-50(45)55)56(51-20-10-7-16-46(51)47-18-12-22-53-54(47)48-17-8-11-21-52(48)57-53)42-29-27-37(28-30-42)39-24-26-40-33-38(23-25-41(40)34-39)36-13-4-3-5-14-36/h3-35H,1-2H3. The van der Waals surface area contributed by atoms with Gasteiger partial charge in [0.15, 0.2) is 0 Å². The SMILES string of the molecule is CC1(C)c2ccccc2-c2ccc(N(c3ccc(-c4ccc5cc(-c6ccccc6)ccc5c4)cc3)c3ccccc3-c3cccc4oc5ccccc5c34)cc21. The predicted octanol–water partition coefficient (Wildman–Crippen LogP) is 15.5. The van der Waals surface area contributed by atoms with Crippen LogP contribution in [-0.2, 0) is 5.41 Å². The average Bonchev–Trinajstić information content (AvgIpc) is 3.76. The smallest absolute Gasteiger partial charge is 0.136 e. The van der Waals surface area contributed by atoms with Crippen LogP contribution in [0.4, 0.5) is 17.1 Å². The van der Waals surface area contributed by atoms with E-state index in [-0.39, 0.29) is 5.41 Å². The molecule has 2 nitrogen and oxygen atoms in total. The van der Waals surface area contributed by atoms with Gasteiger partial charge < -0.3 is 9.32 Å². The Balaban J connectivity index is 1.05. The van der Waals surface area contributed by atoms with Crippen molar-refractivity contribution in [2.75, 3.05) is 4.90 Å². The summed E-state index contributed by atoms with van der Waals surface area (Å²) in [5, 5.41) is 4.72. The normalized spacial score (nSPS) is 12.9. The summed E-state index contributed by atoms with van der Waals surface area (Å²) in [6, 6.07) is 72.7. The van der Waals surface area contributed by atoms with Crippen LogP contribution in [0.3, 0.4) is 0 Å². The molecule has 9 aromatic carbocycles. The van der Waals surface area contributed by atoms with Crippen molar-refractivity contribution < 1.29 is 4.42 Å². The zero-order valence-electron chi connectivity index (χ0n) is 31.9. The zero-order chi connectivity index (χ0) is 38.1. The molecule has 0 fully saturated rings. The Morgan fingerprint density at radius 2 is 0.965 bits per heavy atom. The summed E-state index contributed by atoms with van der Waals surface area (Å²) in [5.74, 6) is 0. The van der Waals surface area contributed by atoms with E-state index in [0.717, 1.165) is 50.1 Å². The van der Waals surface area contributed by atoms with Gasteiger partial charge >= 0.3 is 0 Å². The highest BCUT2D eigenvalue weighted by molar-refractivity contribution is 6.14. The number of rotatable bonds is 6. The van der Waals surface area contributed by atoms with Gasteiger partial charge in [-0.1, -0.05) is 159 Å². The van der Waals surface area contributed by atoms with Gasteiger partial charge in [-0.2, -0.15) is 0 Å². The Hall–Kier alpha value is -7.16. The Morgan fingerprint density at radius 1 is 0.386 bits per heavy atom. The fourth-order valence-corrected chi connectivity index (χ4v) is 9.19. The maximum absolute atomic E-state index is 6.38. The second kappa shape index (κ2) is 13.0. The molecule has 0 atom stereocenters. The minimum Gasteiger partial charge on any atom is -0.456 e. The van der Waals surface area contributed by atoms with Crippen LogP contribution < -0.4 is 4.90 Å². The van der Waals surface area contributed by atoms with Crippen molar-refractivity contribution in [3.63, 3.8) is 0 Å². The number of hydrogen-bond acceptors (Lipinski definition) is 2. The molecule has 1 heterocycles. The fraction of sp³-hybridized carbons (Fsp3) is 0.0545. The number of nitrogens with zero attached hydrogens (tertiary/aromatic N) is 1. The first-order valence-electron chi connectivity index (χ1n) is 19.8. The van der Waals surface area contributed by atoms with Crippen LogP contribution in [0.25, 0.3) is 77.2 Å². The molecule has 0 amide bonds. The van der Waals surface area contributed by atoms with E-state index in [0.29, 0.717) is 0 Å². The van der Waals surface area contributed by atoms with Crippen LogP contribution in [0, 0.1) is 0 Å². The third kappa shape index (κ3) is 5.40. The Labute approximate surface area is 332 Å². The van der Waals surface area contributed by atoms with Crippen molar-refractivity contribution in [1.82, 2.24) is 0 Å². The Kier molecular flexibility index (Phi) is 7.55. The van der Waals surface area contributed by atoms with E-state index in [4.69, 9.17) is 4.42 Å². The predicted molar refractivity (Wildman–Crippen MR) is 240 cm³/mol. The largest absolute Gasteiger partial charge is 0.456 e. The molecular weight excluding hydrogens is 691 g/mol. The molecule has 0 saturated carbocycles. The Bertz CT molecular complexity index is 3150. The van der Waals surface area contributed by atoms with Crippen molar-refractivity contribution in [3.8, 4) is 44.5 Å². The van der Waals surface area contributed by atoms with E-state index in [9.17, 15) is 0 Å². The second-order valence-corrected chi connectivity index (χ2v) is 15.7. The molecular formula is C55H39NO. The summed E-state index contributed by atoms with van der Waals surface area (Å²) < 4.78 is 6.38. The van der Waals surface area contributed by atoms with E-state index < -0.39 is 0 Å². The highest BCUT2D eigenvalue weighted by Gasteiger charge is 2.36. The molecule has 0 saturated heterocycles. The van der Waals surface area contributed by atoms with Crippen molar-refractivity contribution in [2.24, 2.45) is 0 Å². The molecule has 1 aliphatic carbocycles. The van der Waals surface area contributed by atoms with Crippen LogP contribution in [0.15, 0.2) is 205 Å². The van der Waals surface area contributed by atoms with Crippen LogP contribution in [0.2, 0.25) is 0 Å². The van der Waals surface area contributed by atoms with Crippen LogP contribution in [0.5, 0.6) is 0 Å². The summed E-state index contributed by atoms with van der Waals surface area (Å²) in [6.07, 6.45) is 0. The lowest BCUT2D eigenvalue weighted by molar-refractivity contribution is 0.660. The van der Waals surface area contributed by atoms with Crippen molar-refractivity contribution in [1.29, 1.82) is 0 Å². The summed E-state index contributed by atoms with van der Waals surface area (Å²) >= 11 is 0. The van der Waals surface area contributed by atoms with Crippen LogP contribution >= 0.6 is 0 Å². The van der Waals surface area contributed by atoms with Crippen molar-refractivity contribution >= 4 is 49.8 Å². The zero-order valence-corrected chi connectivity index (χ0v) is 31.9. The molecule has 10 aromatic rings. The van der Waals surface area contributed by atoms with E-state index >= 15 is 0 Å². The third-order valence-electron chi connectivity index (χ3n) is 12.1. The average molecular weight is 730 g/mol. The van der Waals surface area contributed by atoms with E-state index in [2.05, 4.69) is 213 Å². The topological polar surface area (TPSA) is 16.4 Å². The molecule has 1 aliphatic rings. The molecule has 0 radical (unpaired) electrons. The van der Waals surface area contributed by atoms with E-state index in [1.54, 1.807) is 0 Å². The molecule has 0 aliphatic heterocycles. The maximum atomic E-state index is 6.38. The summed E-state index contributed by atoms with van der Waals surface area (Å²) in [5.41, 5.74) is 17.5. The first-order valence-corrected chi connectivity index (χ1v) is 19.8. The van der Waals surface area contributed by atoms with Crippen molar-refractivity contribution in [2.45, 2.75) is 19.3 Å². The van der Waals surface area contributed by atoms with Gasteiger partial charge in [0, 0.05) is 33.1 Å². The highest BCUT2D eigenvalue weighted by atomic mass is 16.3. The molecule has 1 aromatic heterocycles. The number of hydrogen-bond donors (Lipinski definition) is 0. The van der Waals surface area contributed by atoms with Gasteiger partial charge in [0.25, 0.3) is 0 Å². The lowest BCUT2D eigenvalue weighted by Gasteiger charge is -2.30. The van der Waals surface area contributed by atoms with Gasteiger partial charge in [-0.05, 0) is 115 Å². The molecule has 0 N–H and O–H groups in total. The second-order valence-electron chi connectivity index (χ2n) is 15.7. The minimum absolute atomic E-state index is 0.129. The summed E-state index contributed by atoms with van der Waals surface area (Å²) in [7, 11) is 0. The maximum Gasteiger partial charge on any atom is 0.136 e. The molecule has 57 heavy (non-hydrogen) atoms. The van der Waals surface area contributed by atoms with E-state index in [1.165, 1.54) is 55.3 Å². The number of anilines is 3. The summed E-state index contributed by atoms with van der Waals surface area (Å²) in [4.78, 5) is 2.44. The Morgan fingerprint density at radius 3 is 1.75 bits per heavy atom. The number of fused-ring (bicyclic) bond motifs is 7. The lowest BCUT2D eigenvalue weighted by Crippen LogP contribution is -2.16. The highest BCUT2D eigenvalue weighted by Crippen LogP contribution is 2.52. The quantitative estimate of drug-likeness (QED) is 0.169. The van der Waals surface area contributed by atoms with Gasteiger partial charge in [-0.15, -0.1) is 0 Å². The molecule has 2 heteroatoms. The molecule has 270 valence electrons. The van der Waals surface area contributed by atoms with Gasteiger partial charge in [0.2, 0.25) is 0 Å². The van der Waals surface area contributed by atoms with Crippen molar-refractivity contribution in [3.05, 3.63) is 211 Å². The van der Waals surface area contributed by atoms with Gasteiger partial charge in [0.1, 0.15) is 11.2 Å². The lowest BCUT2D eigenvalue weighted by atomic mass is 9.82. The van der Waals surface area contributed by atoms with Crippen LogP contribution in [-0.4, -0.2) is 0 Å². The number of para-hydroxylation sites is 2. The monoisotopic (exact) mass is 729 g/mol. The number of benzene rings is 9. The van der Waals surface area contributed by atoms with Crippen LogP contribution in [0.1, 0.15) is 25.0 Å². The molecule has 11 rings (SSSR count). The van der Waals surface area contributed by atoms with Gasteiger partial charge in [0.05, 0.1) is 5.69 Å². The molecule has 0 bridgehead atoms. The first kappa shape index (κ1) is 33.2. The van der Waals surface area contributed by atoms with Gasteiger partial charge in [-0.3, -0.25) is 0 Å². The number of furan rings is 1. The fourth-order valence-electron chi connectivity index (χ4n) is 9.19. The van der Waals surface area contributed by atoms with E-state index in [1.807, 2.05) is 6.07 Å². The molecule has 0 spiro atoms. The third-order valence-corrected chi connectivity index (χ3v) is 12.1.